The third-order valence-electron chi connectivity index (χ3n) is 1.41. The second-order valence-corrected chi connectivity index (χ2v) is 3.14. The Hall–Kier alpha value is 0.554. The molecule has 0 aliphatic carbocycles. The van der Waals surface area contributed by atoms with E-state index in [4.69, 9.17) is 0 Å². The van der Waals surface area contributed by atoms with E-state index in [0.29, 0.717) is 0 Å². The van der Waals surface area contributed by atoms with Crippen molar-refractivity contribution in [3.8, 4) is 0 Å². The summed E-state index contributed by atoms with van der Waals surface area (Å²) >= 11 is 0. The SMILES string of the molecule is C=Cc1ccccc1[SiH3].[Ce]. The average Bonchev–Trinajstić information content (AvgIpc) is 1.89. The largest absolute Gasteiger partial charge is 0.0985 e. The fraction of sp³-hybridized carbons (Fsp3) is 0. The summed E-state index contributed by atoms with van der Waals surface area (Å²) in [7, 11) is 1.11. The summed E-state index contributed by atoms with van der Waals surface area (Å²) in [6, 6.07) is 8.34. The summed E-state index contributed by atoms with van der Waals surface area (Å²) in [5, 5.41) is 1.42. The quantitative estimate of drug-likeness (QED) is 0.647. The van der Waals surface area contributed by atoms with Gasteiger partial charge in [0.2, 0.25) is 0 Å². The molecule has 0 aliphatic heterocycles. The molecule has 0 heterocycles. The van der Waals surface area contributed by atoms with Gasteiger partial charge >= 0.3 is 0 Å². The Balaban J connectivity index is 0.000000810. The minimum Gasteiger partial charge on any atom is -0.0985 e. The number of hydrogen-bond acceptors (Lipinski definition) is 0. The number of benzene rings is 1. The number of hydrogen-bond donors (Lipinski definition) is 0. The fourth-order valence-corrected chi connectivity index (χ4v) is 1.38. The molecule has 0 unspecified atom stereocenters. The van der Waals surface area contributed by atoms with E-state index >= 15 is 0 Å². The van der Waals surface area contributed by atoms with Gasteiger partial charge in [0.25, 0.3) is 0 Å². The minimum atomic E-state index is 0. The third-order valence-corrected chi connectivity index (χ3v) is 2.32. The van der Waals surface area contributed by atoms with Crippen molar-refractivity contribution >= 4 is 21.5 Å². The van der Waals surface area contributed by atoms with Gasteiger partial charge in [0.15, 0.2) is 0 Å². The van der Waals surface area contributed by atoms with Crippen LogP contribution in [0.3, 0.4) is 0 Å². The summed E-state index contributed by atoms with van der Waals surface area (Å²) in [5.41, 5.74) is 1.28. The molecule has 0 saturated heterocycles. The minimum absolute atomic E-state index is 0. The van der Waals surface area contributed by atoms with Crippen LogP contribution in [-0.4, -0.2) is 10.2 Å². The van der Waals surface area contributed by atoms with Crippen LogP contribution in [0.2, 0.25) is 0 Å². The molecule has 2 heteroatoms. The maximum atomic E-state index is 3.71. The molecule has 0 atom stereocenters. The van der Waals surface area contributed by atoms with E-state index < -0.39 is 0 Å². The van der Waals surface area contributed by atoms with Crippen LogP contribution in [0.4, 0.5) is 0 Å². The molecule has 0 fully saturated rings. The van der Waals surface area contributed by atoms with Gasteiger partial charge in [0, 0.05) is 52.0 Å². The summed E-state index contributed by atoms with van der Waals surface area (Å²) in [6.45, 7) is 3.71. The predicted octanol–water partition coefficient (Wildman–Crippen LogP) is 0.320. The molecule has 1 aromatic rings. The van der Waals surface area contributed by atoms with E-state index in [-0.39, 0.29) is 41.7 Å². The second kappa shape index (κ2) is 5.24. The van der Waals surface area contributed by atoms with Crippen molar-refractivity contribution in [2.45, 2.75) is 0 Å². The van der Waals surface area contributed by atoms with Gasteiger partial charge in [-0.05, 0) is 5.56 Å². The van der Waals surface area contributed by atoms with Gasteiger partial charge in [-0.3, -0.25) is 0 Å². The first-order chi connectivity index (χ1) is 4.34. The maximum Gasteiger partial charge on any atom is 0.0392 e. The van der Waals surface area contributed by atoms with Gasteiger partial charge < -0.3 is 0 Å². The van der Waals surface area contributed by atoms with Crippen LogP contribution in [0.5, 0.6) is 0 Å². The van der Waals surface area contributed by atoms with Crippen LogP contribution in [0.1, 0.15) is 5.56 Å². The molecule has 10 heavy (non-hydrogen) atoms. The standard InChI is InChI=1S/C8H10Si.Ce/c1-2-7-5-3-4-6-8(7)9;/h2-6H,1H2,9H3;. The molecular formula is C8H10CeSi. The van der Waals surface area contributed by atoms with Crippen molar-refractivity contribution < 1.29 is 41.7 Å². The van der Waals surface area contributed by atoms with E-state index in [1.165, 1.54) is 10.8 Å². The molecule has 1 aromatic carbocycles. The zero-order valence-electron chi connectivity index (χ0n) is 6.09. The molecule has 0 radical (unpaired) electrons. The third kappa shape index (κ3) is 2.66. The van der Waals surface area contributed by atoms with Crippen LogP contribution in [-0.2, 0) is 0 Å². The van der Waals surface area contributed by atoms with Gasteiger partial charge in [-0.25, -0.2) is 0 Å². The van der Waals surface area contributed by atoms with Gasteiger partial charge in [-0.15, -0.1) is 0 Å². The molecule has 50 valence electrons. The molecule has 0 aliphatic rings. The van der Waals surface area contributed by atoms with Crippen molar-refractivity contribution in [3.63, 3.8) is 0 Å². The van der Waals surface area contributed by atoms with E-state index in [1.54, 1.807) is 0 Å². The van der Waals surface area contributed by atoms with Crippen LogP contribution in [0.25, 0.3) is 6.08 Å². The fourth-order valence-electron chi connectivity index (χ4n) is 0.816. The number of rotatable bonds is 1. The first kappa shape index (κ1) is 10.6. The van der Waals surface area contributed by atoms with Crippen molar-refractivity contribution in [2.24, 2.45) is 0 Å². The monoisotopic (exact) mass is 274 g/mol. The zero-order valence-corrected chi connectivity index (χ0v) is 11.2. The van der Waals surface area contributed by atoms with Crippen molar-refractivity contribution in [1.29, 1.82) is 0 Å². The predicted molar refractivity (Wildman–Crippen MR) is 46.1 cm³/mol. The Morgan fingerprint density at radius 3 is 2.30 bits per heavy atom. The molecular weight excluding hydrogens is 264 g/mol. The summed E-state index contributed by atoms with van der Waals surface area (Å²) in [5.74, 6) is 0. The molecule has 0 N–H and O–H groups in total. The maximum absolute atomic E-state index is 3.71. The Morgan fingerprint density at radius 1 is 1.30 bits per heavy atom. The van der Waals surface area contributed by atoms with Crippen LogP contribution >= 0.6 is 0 Å². The van der Waals surface area contributed by atoms with E-state index in [1.807, 2.05) is 12.1 Å². The second-order valence-electron chi connectivity index (χ2n) is 2.06. The normalized spacial score (nSPS) is 8.40. The van der Waals surface area contributed by atoms with E-state index in [0.717, 1.165) is 10.2 Å². The molecule has 0 amide bonds. The van der Waals surface area contributed by atoms with Gasteiger partial charge in [-0.1, -0.05) is 42.1 Å². The Kier molecular flexibility index (Phi) is 5.53. The molecule has 0 saturated carbocycles. The molecule has 0 spiro atoms. The van der Waals surface area contributed by atoms with E-state index in [2.05, 4.69) is 24.8 Å². The first-order valence-electron chi connectivity index (χ1n) is 3.02. The van der Waals surface area contributed by atoms with Crippen LogP contribution in [0.15, 0.2) is 30.8 Å². The summed E-state index contributed by atoms with van der Waals surface area (Å²) < 4.78 is 0. The van der Waals surface area contributed by atoms with Crippen molar-refractivity contribution in [1.82, 2.24) is 0 Å². The summed E-state index contributed by atoms with van der Waals surface area (Å²) in [4.78, 5) is 0. The molecule has 0 aromatic heterocycles. The average molecular weight is 274 g/mol. The van der Waals surface area contributed by atoms with Crippen LogP contribution < -0.4 is 5.19 Å². The molecule has 0 bridgehead atoms. The Labute approximate surface area is 98.5 Å². The first-order valence-corrected chi connectivity index (χ1v) is 4.02. The topological polar surface area (TPSA) is 0 Å². The smallest absolute Gasteiger partial charge is 0.0392 e. The molecule has 0 nitrogen and oxygen atoms in total. The van der Waals surface area contributed by atoms with Crippen molar-refractivity contribution in [3.05, 3.63) is 36.4 Å². The Morgan fingerprint density at radius 2 is 1.90 bits per heavy atom. The van der Waals surface area contributed by atoms with Crippen molar-refractivity contribution in [2.75, 3.05) is 0 Å². The summed E-state index contributed by atoms with van der Waals surface area (Å²) in [6.07, 6.45) is 1.91. The van der Waals surface area contributed by atoms with Gasteiger partial charge in [0.1, 0.15) is 0 Å². The Bertz CT molecular complexity index is 220. The zero-order chi connectivity index (χ0) is 6.69. The van der Waals surface area contributed by atoms with Gasteiger partial charge in [0.05, 0.1) is 0 Å². The van der Waals surface area contributed by atoms with Crippen LogP contribution in [0, 0.1) is 41.7 Å². The van der Waals surface area contributed by atoms with Gasteiger partial charge in [-0.2, -0.15) is 0 Å². The molecule has 1 rings (SSSR count). The van der Waals surface area contributed by atoms with E-state index in [9.17, 15) is 0 Å².